The van der Waals surface area contributed by atoms with E-state index in [1.165, 1.54) is 11.1 Å². The van der Waals surface area contributed by atoms with Gasteiger partial charge in [-0.3, -0.25) is 9.80 Å². The summed E-state index contributed by atoms with van der Waals surface area (Å²) < 4.78 is 0. The third-order valence-electron chi connectivity index (χ3n) is 4.70. The summed E-state index contributed by atoms with van der Waals surface area (Å²) in [6.07, 6.45) is 3.68. The highest BCUT2D eigenvalue weighted by atomic mass is 35.5. The molecule has 1 aliphatic heterocycles. The van der Waals surface area contributed by atoms with Gasteiger partial charge in [0.1, 0.15) is 6.61 Å². The minimum atomic E-state index is -0.132. The Morgan fingerprint density at radius 1 is 0.880 bits per heavy atom. The van der Waals surface area contributed by atoms with E-state index in [9.17, 15) is 5.11 Å². The number of hydrogen-bond acceptors (Lipinski definition) is 2. The summed E-state index contributed by atoms with van der Waals surface area (Å²) in [5.41, 5.74) is 2.58. The Morgan fingerprint density at radius 3 is 2.16 bits per heavy atom. The Balaban J connectivity index is 1.75. The molecule has 0 spiro atoms. The number of rotatable bonds is 6. The predicted molar refractivity (Wildman–Crippen MR) is 102 cm³/mol. The Morgan fingerprint density at radius 2 is 1.52 bits per heavy atom. The molecule has 25 heavy (non-hydrogen) atoms. The molecule has 1 radical (unpaired) electrons. The lowest BCUT2D eigenvalue weighted by Crippen LogP contribution is -2.47. The lowest BCUT2D eigenvalue weighted by molar-refractivity contribution is 0.117. The molecule has 4 heteroatoms. The van der Waals surface area contributed by atoms with E-state index in [2.05, 4.69) is 52.3 Å². The van der Waals surface area contributed by atoms with Gasteiger partial charge in [0.15, 0.2) is 0 Å². The SMILES string of the molecule is [O]C/C=C\CN1CCN([C@H](c2ccccc2)c2ccc(Cl)cc2)CC1. The van der Waals surface area contributed by atoms with E-state index < -0.39 is 0 Å². The zero-order chi connectivity index (χ0) is 17.5. The summed E-state index contributed by atoms with van der Waals surface area (Å²) in [6, 6.07) is 19.1. The quantitative estimate of drug-likeness (QED) is 0.731. The van der Waals surface area contributed by atoms with E-state index in [0.717, 1.165) is 37.7 Å². The van der Waals surface area contributed by atoms with Crippen LogP contribution < -0.4 is 0 Å². The Kier molecular flexibility index (Phi) is 6.65. The Labute approximate surface area is 155 Å². The van der Waals surface area contributed by atoms with E-state index in [-0.39, 0.29) is 12.6 Å². The molecular formula is C21H24ClN2O. The second-order valence-electron chi connectivity index (χ2n) is 6.34. The van der Waals surface area contributed by atoms with Crippen LogP contribution in [0, 0.1) is 0 Å². The van der Waals surface area contributed by atoms with Crippen LogP contribution in [0.4, 0.5) is 0 Å². The van der Waals surface area contributed by atoms with Gasteiger partial charge in [-0.25, -0.2) is 5.11 Å². The summed E-state index contributed by atoms with van der Waals surface area (Å²) in [6.45, 7) is 4.78. The van der Waals surface area contributed by atoms with E-state index in [4.69, 9.17) is 11.6 Å². The highest BCUT2D eigenvalue weighted by Crippen LogP contribution is 2.30. The minimum absolute atomic E-state index is 0.132. The van der Waals surface area contributed by atoms with Crippen LogP contribution in [0.25, 0.3) is 0 Å². The summed E-state index contributed by atoms with van der Waals surface area (Å²) in [4.78, 5) is 4.93. The number of benzene rings is 2. The average molecular weight is 356 g/mol. The van der Waals surface area contributed by atoms with Gasteiger partial charge in [0.05, 0.1) is 6.04 Å². The second kappa shape index (κ2) is 9.16. The maximum atomic E-state index is 10.5. The number of piperazine rings is 1. The van der Waals surface area contributed by atoms with Crippen LogP contribution in [0.3, 0.4) is 0 Å². The molecule has 1 saturated heterocycles. The first-order chi connectivity index (χ1) is 12.3. The third-order valence-corrected chi connectivity index (χ3v) is 4.95. The fraction of sp³-hybridized carbons (Fsp3) is 0.333. The molecule has 1 atom stereocenters. The van der Waals surface area contributed by atoms with Gasteiger partial charge in [0.2, 0.25) is 0 Å². The van der Waals surface area contributed by atoms with Crippen molar-refractivity contribution < 1.29 is 5.11 Å². The van der Waals surface area contributed by atoms with Crippen molar-refractivity contribution in [2.45, 2.75) is 6.04 Å². The van der Waals surface area contributed by atoms with Crippen LogP contribution in [-0.2, 0) is 5.11 Å². The smallest absolute Gasteiger partial charge is 0.100 e. The molecule has 3 nitrogen and oxygen atoms in total. The molecule has 0 saturated carbocycles. The summed E-state index contributed by atoms with van der Waals surface area (Å²) in [7, 11) is 0. The van der Waals surface area contributed by atoms with Crippen LogP contribution in [0.15, 0.2) is 66.7 Å². The van der Waals surface area contributed by atoms with Crippen molar-refractivity contribution in [2.75, 3.05) is 39.3 Å². The van der Waals surface area contributed by atoms with Gasteiger partial charge >= 0.3 is 0 Å². The van der Waals surface area contributed by atoms with Crippen molar-refractivity contribution in [3.05, 3.63) is 82.9 Å². The summed E-state index contributed by atoms with van der Waals surface area (Å²) in [5, 5.41) is 11.3. The van der Waals surface area contributed by atoms with Crippen molar-refractivity contribution >= 4 is 11.6 Å². The maximum Gasteiger partial charge on any atom is 0.100 e. The zero-order valence-electron chi connectivity index (χ0n) is 14.4. The fourth-order valence-corrected chi connectivity index (χ4v) is 3.52. The number of nitrogens with zero attached hydrogens (tertiary/aromatic N) is 2. The van der Waals surface area contributed by atoms with Crippen LogP contribution in [-0.4, -0.2) is 49.1 Å². The van der Waals surface area contributed by atoms with Gasteiger partial charge < -0.3 is 0 Å². The van der Waals surface area contributed by atoms with Crippen LogP contribution in [0.1, 0.15) is 17.2 Å². The molecule has 131 valence electrons. The molecule has 0 aliphatic carbocycles. The fourth-order valence-electron chi connectivity index (χ4n) is 3.39. The lowest BCUT2D eigenvalue weighted by Gasteiger charge is -2.39. The molecule has 2 aromatic rings. The van der Waals surface area contributed by atoms with Gasteiger partial charge in [-0.15, -0.1) is 0 Å². The van der Waals surface area contributed by atoms with E-state index in [0.29, 0.717) is 0 Å². The molecule has 2 aromatic carbocycles. The largest absolute Gasteiger partial charge is 0.297 e. The van der Waals surface area contributed by atoms with Crippen molar-refractivity contribution in [1.82, 2.24) is 9.80 Å². The van der Waals surface area contributed by atoms with E-state index >= 15 is 0 Å². The van der Waals surface area contributed by atoms with Gasteiger partial charge in [-0.1, -0.05) is 66.2 Å². The molecule has 0 unspecified atom stereocenters. The Hall–Kier alpha value is -1.65. The summed E-state index contributed by atoms with van der Waals surface area (Å²) >= 11 is 6.08. The van der Waals surface area contributed by atoms with Gasteiger partial charge in [-0.05, 0) is 23.3 Å². The normalized spacial score (nSPS) is 17.8. The highest BCUT2D eigenvalue weighted by Gasteiger charge is 2.25. The second-order valence-corrected chi connectivity index (χ2v) is 6.78. The van der Waals surface area contributed by atoms with E-state index in [1.54, 1.807) is 6.08 Å². The van der Waals surface area contributed by atoms with Gasteiger partial charge in [-0.2, -0.15) is 0 Å². The Bertz CT molecular complexity index is 664. The number of halogens is 1. The van der Waals surface area contributed by atoms with Gasteiger partial charge in [0.25, 0.3) is 0 Å². The molecular weight excluding hydrogens is 332 g/mol. The van der Waals surface area contributed by atoms with Crippen molar-refractivity contribution in [2.24, 2.45) is 0 Å². The average Bonchev–Trinajstić information content (AvgIpc) is 2.66. The van der Waals surface area contributed by atoms with Gasteiger partial charge in [0, 0.05) is 37.7 Å². The molecule has 1 fully saturated rings. The van der Waals surface area contributed by atoms with Crippen LogP contribution >= 0.6 is 11.6 Å². The molecule has 3 rings (SSSR count). The van der Waals surface area contributed by atoms with Crippen LogP contribution in [0.2, 0.25) is 5.02 Å². The monoisotopic (exact) mass is 355 g/mol. The molecule has 0 aromatic heterocycles. The molecule has 1 aliphatic rings. The van der Waals surface area contributed by atoms with Crippen molar-refractivity contribution in [1.29, 1.82) is 0 Å². The summed E-state index contributed by atoms with van der Waals surface area (Å²) in [5.74, 6) is 0. The first-order valence-corrected chi connectivity index (χ1v) is 9.15. The third kappa shape index (κ3) is 4.93. The van der Waals surface area contributed by atoms with E-state index in [1.807, 2.05) is 18.2 Å². The van der Waals surface area contributed by atoms with Crippen molar-refractivity contribution in [3.8, 4) is 0 Å². The van der Waals surface area contributed by atoms with Crippen LogP contribution in [0.5, 0.6) is 0 Å². The first-order valence-electron chi connectivity index (χ1n) is 8.78. The molecule has 0 bridgehead atoms. The minimum Gasteiger partial charge on any atom is -0.297 e. The van der Waals surface area contributed by atoms with Crippen molar-refractivity contribution in [3.63, 3.8) is 0 Å². The first kappa shape index (κ1) is 18.2. The molecule has 1 heterocycles. The molecule has 0 N–H and O–H groups in total. The lowest BCUT2D eigenvalue weighted by atomic mass is 9.96. The predicted octanol–water partition coefficient (Wildman–Crippen LogP) is 4.03. The molecule has 0 amide bonds. The highest BCUT2D eigenvalue weighted by molar-refractivity contribution is 6.30. The number of hydrogen-bond donors (Lipinski definition) is 0. The topological polar surface area (TPSA) is 26.4 Å². The zero-order valence-corrected chi connectivity index (χ0v) is 15.1. The standard InChI is InChI=1S/C21H24ClN2O/c22-20-10-8-19(9-11-20)21(18-6-2-1-3-7-18)24-15-13-23(14-16-24)12-4-5-17-25/h1-11,21H,12-17H2/b5-4-/t21-/m1/s1. The maximum absolute atomic E-state index is 10.5.